The van der Waals surface area contributed by atoms with E-state index in [4.69, 9.17) is 5.26 Å². The van der Waals surface area contributed by atoms with Crippen molar-refractivity contribution in [2.75, 3.05) is 18.4 Å². The zero-order valence-corrected chi connectivity index (χ0v) is 14.9. The number of rotatable bonds is 4. The van der Waals surface area contributed by atoms with Crippen molar-refractivity contribution in [3.05, 3.63) is 28.7 Å². The van der Waals surface area contributed by atoms with Crippen molar-refractivity contribution in [2.24, 2.45) is 5.92 Å². The van der Waals surface area contributed by atoms with Crippen molar-refractivity contribution in [2.45, 2.75) is 25.6 Å². The molecule has 3 rings (SSSR count). The average molecular weight is 397 g/mol. The fourth-order valence-corrected chi connectivity index (χ4v) is 3.32. The van der Waals surface area contributed by atoms with E-state index in [1.807, 2.05) is 6.07 Å². The number of alkyl halides is 3. The van der Waals surface area contributed by atoms with Crippen molar-refractivity contribution in [3.8, 4) is 6.07 Å². The Hall–Kier alpha value is -2.81. The van der Waals surface area contributed by atoms with Gasteiger partial charge >= 0.3 is 6.18 Å². The Balaban J connectivity index is 1.84. The van der Waals surface area contributed by atoms with Crippen molar-refractivity contribution < 1.29 is 18.0 Å². The third-order valence-electron chi connectivity index (χ3n) is 4.14. The Morgan fingerprint density at radius 2 is 2.22 bits per heavy atom. The van der Waals surface area contributed by atoms with E-state index in [2.05, 4.69) is 24.9 Å². The van der Waals surface area contributed by atoms with Crippen LogP contribution in [0.15, 0.2) is 12.3 Å². The van der Waals surface area contributed by atoms with Crippen LogP contribution in [0.2, 0.25) is 0 Å². The Kier molecular flexibility index (Phi) is 5.22. The smallest absolute Gasteiger partial charge is 0.365 e. The lowest BCUT2D eigenvalue weighted by atomic mass is 10.0. The lowest BCUT2D eigenvalue weighted by Gasteiger charge is -2.22. The number of anilines is 1. The van der Waals surface area contributed by atoms with Gasteiger partial charge < -0.3 is 10.2 Å². The number of nitrogens with zero attached hydrogens (tertiary/aromatic N) is 6. The zero-order chi connectivity index (χ0) is 19.6. The molecular formula is C15H14F3N7OS. The van der Waals surface area contributed by atoms with Gasteiger partial charge in [0.25, 0.3) is 5.91 Å². The van der Waals surface area contributed by atoms with Crippen molar-refractivity contribution >= 4 is 23.3 Å². The highest BCUT2D eigenvalue weighted by Gasteiger charge is 2.51. The largest absolute Gasteiger partial charge is 0.395 e. The third kappa shape index (κ3) is 4.13. The number of hydrogen-bond acceptors (Lipinski definition) is 8. The van der Waals surface area contributed by atoms with Gasteiger partial charge in [-0.05, 0) is 11.5 Å². The Bertz CT molecular complexity index is 865. The number of amides is 1. The number of nitriles is 1. The number of halogens is 3. The summed E-state index contributed by atoms with van der Waals surface area (Å²) in [6.45, 7) is 1.14. The van der Waals surface area contributed by atoms with Crippen LogP contribution in [-0.2, 0) is 6.42 Å². The maximum atomic E-state index is 13.5. The van der Waals surface area contributed by atoms with Gasteiger partial charge in [0, 0.05) is 25.6 Å². The number of hydrogen-bond donors (Lipinski definition) is 1. The van der Waals surface area contributed by atoms with E-state index in [9.17, 15) is 18.0 Å². The van der Waals surface area contributed by atoms with E-state index in [0.29, 0.717) is 12.2 Å². The topological polar surface area (TPSA) is 108 Å². The van der Waals surface area contributed by atoms with E-state index in [-0.39, 0.29) is 22.9 Å². The molecule has 27 heavy (non-hydrogen) atoms. The summed E-state index contributed by atoms with van der Waals surface area (Å²) in [6, 6.07) is 2.06. The molecule has 2 atom stereocenters. The van der Waals surface area contributed by atoms with Crippen LogP contribution < -0.4 is 5.32 Å². The maximum absolute atomic E-state index is 13.5. The molecule has 0 unspecified atom stereocenters. The standard InChI is InChI=1S/C15H14F3N7OS/c1-2-12-21-8(4-19)3-13(23-12)22-10-7-25(6-9(10)15(16,17)18)14(26)11-5-20-24-27-11/h3,5,9-10H,2,6-7H2,1H3,(H,21,22,23)/t9-,10-/m1/s1. The monoisotopic (exact) mass is 397 g/mol. The molecular weight excluding hydrogens is 383 g/mol. The van der Waals surface area contributed by atoms with Gasteiger partial charge in [-0.25, -0.2) is 9.97 Å². The SMILES string of the molecule is CCc1nc(C#N)cc(N[C@@H]2CN(C(=O)c3cnns3)C[C@H]2C(F)(F)F)n1. The molecule has 1 aliphatic heterocycles. The van der Waals surface area contributed by atoms with Crippen molar-refractivity contribution in [1.82, 2.24) is 24.5 Å². The van der Waals surface area contributed by atoms with Gasteiger partial charge in [-0.3, -0.25) is 4.79 Å². The van der Waals surface area contributed by atoms with E-state index >= 15 is 0 Å². The normalized spacial score (nSPS) is 19.7. The fraction of sp³-hybridized carbons (Fsp3) is 0.467. The number of aromatic nitrogens is 4. The molecule has 1 saturated heterocycles. The Labute approximate surface area is 156 Å². The van der Waals surface area contributed by atoms with Gasteiger partial charge in [0.15, 0.2) is 0 Å². The van der Waals surface area contributed by atoms with Gasteiger partial charge in [0.2, 0.25) is 0 Å². The molecule has 0 aliphatic carbocycles. The highest BCUT2D eigenvalue weighted by molar-refractivity contribution is 7.07. The van der Waals surface area contributed by atoms with Crippen molar-refractivity contribution in [3.63, 3.8) is 0 Å². The summed E-state index contributed by atoms with van der Waals surface area (Å²) >= 11 is 0.831. The molecule has 1 fully saturated rings. The summed E-state index contributed by atoms with van der Waals surface area (Å²) in [5, 5.41) is 15.3. The van der Waals surface area contributed by atoms with E-state index in [0.717, 1.165) is 16.4 Å². The van der Waals surface area contributed by atoms with E-state index < -0.39 is 30.6 Å². The molecule has 2 aromatic heterocycles. The molecule has 0 aromatic carbocycles. The van der Waals surface area contributed by atoms with Crippen LogP contribution in [0.25, 0.3) is 0 Å². The van der Waals surface area contributed by atoms with Gasteiger partial charge in [-0.2, -0.15) is 18.4 Å². The zero-order valence-electron chi connectivity index (χ0n) is 14.1. The minimum Gasteiger partial charge on any atom is -0.365 e. The lowest BCUT2D eigenvalue weighted by molar-refractivity contribution is -0.171. The molecule has 142 valence electrons. The first-order valence-electron chi connectivity index (χ1n) is 7.99. The highest BCUT2D eigenvalue weighted by atomic mass is 32.1. The minimum absolute atomic E-state index is 0.0644. The first-order valence-corrected chi connectivity index (χ1v) is 8.77. The lowest BCUT2D eigenvalue weighted by Crippen LogP contribution is -2.38. The molecule has 0 bridgehead atoms. The quantitative estimate of drug-likeness (QED) is 0.839. The molecule has 12 heteroatoms. The second kappa shape index (κ2) is 7.43. The summed E-state index contributed by atoms with van der Waals surface area (Å²) in [5.74, 6) is -1.83. The summed E-state index contributed by atoms with van der Waals surface area (Å²) in [6.07, 6.45) is -2.84. The number of carbonyl (C=O) groups excluding carboxylic acids is 1. The van der Waals surface area contributed by atoms with Crippen LogP contribution in [0.3, 0.4) is 0 Å². The van der Waals surface area contributed by atoms with Gasteiger partial charge in [0.1, 0.15) is 28.3 Å². The number of aryl methyl sites for hydroxylation is 1. The van der Waals surface area contributed by atoms with Gasteiger partial charge in [-0.15, -0.1) is 5.10 Å². The number of carbonyl (C=O) groups is 1. The first-order chi connectivity index (χ1) is 12.8. The maximum Gasteiger partial charge on any atom is 0.395 e. The minimum atomic E-state index is -4.50. The predicted molar refractivity (Wildman–Crippen MR) is 88.9 cm³/mol. The van der Waals surface area contributed by atoms with Crippen LogP contribution in [-0.4, -0.2) is 55.7 Å². The van der Waals surface area contributed by atoms with Crippen LogP contribution in [0.4, 0.5) is 19.0 Å². The number of nitrogens with one attached hydrogen (secondary N) is 1. The Morgan fingerprint density at radius 3 is 2.81 bits per heavy atom. The molecule has 0 radical (unpaired) electrons. The van der Waals surface area contributed by atoms with Crippen molar-refractivity contribution in [1.29, 1.82) is 5.26 Å². The molecule has 1 aliphatic rings. The molecule has 1 N–H and O–H groups in total. The Morgan fingerprint density at radius 1 is 1.44 bits per heavy atom. The second-order valence-electron chi connectivity index (χ2n) is 5.91. The van der Waals surface area contributed by atoms with Crippen LogP contribution in [0, 0.1) is 17.2 Å². The molecule has 0 saturated carbocycles. The number of likely N-dealkylation sites (tertiary alicyclic amines) is 1. The van der Waals surface area contributed by atoms with Crippen LogP contribution >= 0.6 is 11.5 Å². The summed E-state index contributed by atoms with van der Waals surface area (Å²) in [7, 11) is 0. The highest BCUT2D eigenvalue weighted by Crippen LogP contribution is 2.35. The van der Waals surface area contributed by atoms with Gasteiger partial charge in [-0.1, -0.05) is 11.4 Å². The molecule has 1 amide bonds. The fourth-order valence-electron chi connectivity index (χ4n) is 2.84. The summed E-state index contributed by atoms with van der Waals surface area (Å²) < 4.78 is 44.1. The van der Waals surface area contributed by atoms with E-state index in [1.54, 1.807) is 6.92 Å². The predicted octanol–water partition coefficient (Wildman–Crippen LogP) is 1.88. The molecule has 3 heterocycles. The molecule has 2 aromatic rings. The van der Waals surface area contributed by atoms with Gasteiger partial charge in [0.05, 0.1) is 18.2 Å². The summed E-state index contributed by atoms with van der Waals surface area (Å²) in [4.78, 5) is 21.8. The molecule has 8 nitrogen and oxygen atoms in total. The third-order valence-corrected chi connectivity index (χ3v) is 4.79. The van der Waals surface area contributed by atoms with Crippen LogP contribution in [0.5, 0.6) is 0 Å². The van der Waals surface area contributed by atoms with E-state index in [1.165, 1.54) is 12.3 Å². The molecule has 0 spiro atoms. The first kappa shape index (κ1) is 19.0. The second-order valence-corrected chi connectivity index (χ2v) is 6.70. The summed E-state index contributed by atoms with van der Waals surface area (Å²) in [5.41, 5.74) is 0.0644. The van der Waals surface area contributed by atoms with Crippen LogP contribution in [0.1, 0.15) is 28.1 Å². The average Bonchev–Trinajstić information content (AvgIpc) is 3.30.